The molecule has 0 amide bonds. The summed E-state index contributed by atoms with van der Waals surface area (Å²) in [6.45, 7) is 9.66. The summed E-state index contributed by atoms with van der Waals surface area (Å²) in [6.07, 6.45) is 0.891. The Kier molecular flexibility index (Phi) is 8.56. The van der Waals surface area contributed by atoms with Crippen LogP contribution in [0.1, 0.15) is 44.6 Å². The fraction of sp³-hybridized carbons (Fsp3) is 0.480. The van der Waals surface area contributed by atoms with Crippen molar-refractivity contribution in [1.82, 2.24) is 25.1 Å². The summed E-state index contributed by atoms with van der Waals surface area (Å²) in [7, 11) is 3.27. The molecule has 0 aliphatic carbocycles. The van der Waals surface area contributed by atoms with Crippen molar-refractivity contribution in [2.24, 2.45) is 0 Å². The zero-order valence-corrected chi connectivity index (χ0v) is 21.7. The smallest absolute Gasteiger partial charge is 0.173 e. The molecular weight excluding hydrogens is 471 g/mol. The van der Waals surface area contributed by atoms with Crippen LogP contribution < -0.4 is 26.8 Å². The number of piperazine rings is 1. The second-order valence-electron chi connectivity index (χ2n) is 9.13. The Hall–Kier alpha value is -2.91. The highest BCUT2D eigenvalue weighted by Gasteiger charge is 2.34. The van der Waals surface area contributed by atoms with Gasteiger partial charge in [0.2, 0.25) is 0 Å². The lowest BCUT2D eigenvalue weighted by molar-refractivity contribution is -0.00000881. The monoisotopic (exact) mass is 503 g/mol. The van der Waals surface area contributed by atoms with Crippen LogP contribution in [0.2, 0.25) is 0 Å². The Morgan fingerprint density at radius 2 is 1.63 bits per heavy atom. The van der Waals surface area contributed by atoms with Gasteiger partial charge in [0.15, 0.2) is 17.3 Å². The molecule has 0 N–H and O–H groups in total. The Morgan fingerprint density at radius 1 is 0.971 bits per heavy atom. The average molecular weight is 504 g/mol. The van der Waals surface area contributed by atoms with Crippen molar-refractivity contribution in [2.75, 3.05) is 45.3 Å². The molecule has 0 saturated carbocycles. The van der Waals surface area contributed by atoms with E-state index < -0.39 is 0 Å². The molecule has 1 saturated heterocycles. The number of anilines is 1. The van der Waals surface area contributed by atoms with Crippen molar-refractivity contribution in [2.45, 2.75) is 38.8 Å². The first kappa shape index (κ1) is 26.7. The summed E-state index contributed by atoms with van der Waals surface area (Å²) in [4.78, 5) is 4.68. The molecule has 0 radical (unpaired) electrons. The lowest BCUT2D eigenvalue weighted by Crippen LogP contribution is -3.00. The summed E-state index contributed by atoms with van der Waals surface area (Å²) in [5.74, 6) is 1.93. The zero-order valence-electron chi connectivity index (χ0n) is 20.9. The van der Waals surface area contributed by atoms with Crippen LogP contribution in [0.4, 0.5) is 10.1 Å². The highest BCUT2D eigenvalue weighted by atomic mass is 35.5. The number of hydrogen-bond acceptors (Lipinski definition) is 7. The molecule has 0 bridgehead atoms. The third kappa shape index (κ3) is 5.51. The SMILES string of the molecule is CCC(C)(C)n1nnnc1C(c1ccc(OC)c(OC)c1)N1CCN(c2ccc(F)cc2)CC1.[Cl-]. The topological polar surface area (TPSA) is 68.5 Å². The highest BCUT2D eigenvalue weighted by molar-refractivity contribution is 5.47. The van der Waals surface area contributed by atoms with Gasteiger partial charge in [0.1, 0.15) is 5.82 Å². The van der Waals surface area contributed by atoms with Gasteiger partial charge in [-0.3, -0.25) is 4.90 Å². The second-order valence-corrected chi connectivity index (χ2v) is 9.13. The minimum absolute atomic E-state index is 0. The number of hydrogen-bond donors (Lipinski definition) is 0. The van der Waals surface area contributed by atoms with Crippen molar-refractivity contribution in [1.29, 1.82) is 0 Å². The molecule has 1 aromatic heterocycles. The maximum absolute atomic E-state index is 13.4. The van der Waals surface area contributed by atoms with Crippen LogP contribution in [-0.4, -0.2) is 65.5 Å². The van der Waals surface area contributed by atoms with Gasteiger partial charge in [-0.2, -0.15) is 0 Å². The van der Waals surface area contributed by atoms with E-state index >= 15 is 0 Å². The van der Waals surface area contributed by atoms with E-state index in [0.29, 0.717) is 11.5 Å². The molecule has 190 valence electrons. The number of aromatic nitrogens is 4. The largest absolute Gasteiger partial charge is 1.00 e. The number of benzene rings is 2. The molecule has 35 heavy (non-hydrogen) atoms. The van der Waals surface area contributed by atoms with E-state index in [9.17, 15) is 4.39 Å². The number of tetrazole rings is 1. The van der Waals surface area contributed by atoms with Gasteiger partial charge in [-0.05, 0) is 72.7 Å². The van der Waals surface area contributed by atoms with Crippen molar-refractivity contribution in [3.8, 4) is 11.5 Å². The van der Waals surface area contributed by atoms with Crippen molar-refractivity contribution >= 4 is 5.69 Å². The van der Waals surface area contributed by atoms with E-state index in [1.807, 2.05) is 28.9 Å². The third-order valence-electron chi connectivity index (χ3n) is 6.77. The summed E-state index contributed by atoms with van der Waals surface area (Å²) in [5.41, 5.74) is 1.83. The molecule has 1 unspecified atom stereocenters. The molecule has 3 aromatic rings. The van der Waals surface area contributed by atoms with Crippen LogP contribution >= 0.6 is 0 Å². The van der Waals surface area contributed by atoms with E-state index in [1.165, 1.54) is 12.1 Å². The number of nitrogens with zero attached hydrogens (tertiary/aromatic N) is 6. The third-order valence-corrected chi connectivity index (χ3v) is 6.77. The molecule has 8 nitrogen and oxygen atoms in total. The quantitative estimate of drug-likeness (QED) is 0.452. The first-order chi connectivity index (χ1) is 16.4. The van der Waals surface area contributed by atoms with Gasteiger partial charge >= 0.3 is 0 Å². The first-order valence-corrected chi connectivity index (χ1v) is 11.6. The number of methoxy groups -OCH3 is 2. The molecule has 1 aliphatic heterocycles. The van der Waals surface area contributed by atoms with Crippen LogP contribution in [-0.2, 0) is 5.54 Å². The summed E-state index contributed by atoms with van der Waals surface area (Å²) in [5, 5.41) is 12.9. The maximum Gasteiger partial charge on any atom is 0.173 e. The fourth-order valence-corrected chi connectivity index (χ4v) is 4.38. The van der Waals surface area contributed by atoms with E-state index in [1.54, 1.807) is 14.2 Å². The van der Waals surface area contributed by atoms with E-state index in [4.69, 9.17) is 9.47 Å². The predicted molar refractivity (Wildman–Crippen MR) is 129 cm³/mol. The van der Waals surface area contributed by atoms with Crippen LogP contribution in [0.25, 0.3) is 0 Å². The Balaban J connectivity index is 0.00000342. The van der Waals surface area contributed by atoms with Crippen LogP contribution in [0.15, 0.2) is 42.5 Å². The van der Waals surface area contributed by atoms with Gasteiger partial charge in [-0.15, -0.1) is 5.10 Å². The average Bonchev–Trinajstić information content (AvgIpc) is 3.35. The van der Waals surface area contributed by atoms with Crippen LogP contribution in [0.5, 0.6) is 11.5 Å². The predicted octanol–water partition coefficient (Wildman–Crippen LogP) is 0.890. The number of halogens is 2. The van der Waals surface area contributed by atoms with Crippen molar-refractivity contribution in [3.05, 3.63) is 59.7 Å². The number of rotatable bonds is 8. The fourth-order valence-electron chi connectivity index (χ4n) is 4.38. The molecule has 2 heterocycles. The minimum atomic E-state index is -0.233. The molecule has 2 aromatic carbocycles. The lowest BCUT2D eigenvalue weighted by Gasteiger charge is -2.40. The Labute approximate surface area is 212 Å². The molecule has 4 rings (SSSR count). The molecule has 1 atom stereocenters. The van der Waals surface area contributed by atoms with Crippen molar-refractivity contribution < 1.29 is 26.3 Å². The van der Waals surface area contributed by atoms with Crippen molar-refractivity contribution in [3.63, 3.8) is 0 Å². The lowest BCUT2D eigenvalue weighted by atomic mass is 9.98. The van der Waals surface area contributed by atoms with Gasteiger partial charge < -0.3 is 26.8 Å². The molecular formula is C25H33ClFN6O2-. The molecule has 10 heteroatoms. The Morgan fingerprint density at radius 3 is 2.23 bits per heavy atom. The standard InChI is InChI=1S/C25H33FN6O2.ClH/c1-6-25(2,3)32-24(27-28-29-32)23(18-7-12-21(33-4)22(17-18)34-5)31-15-13-30(14-16-31)20-10-8-19(26)9-11-20;/h7-12,17,23H,6,13-16H2,1-5H3;1H/p-1. The van der Waals surface area contributed by atoms with Crippen LogP contribution in [0, 0.1) is 5.82 Å². The summed E-state index contributed by atoms with van der Waals surface area (Å²) in [6, 6.07) is 12.5. The van der Waals surface area contributed by atoms with Gasteiger partial charge in [0, 0.05) is 31.9 Å². The van der Waals surface area contributed by atoms with E-state index in [2.05, 4.69) is 52.2 Å². The van der Waals surface area contributed by atoms with Crippen LogP contribution in [0.3, 0.4) is 0 Å². The van der Waals surface area contributed by atoms with E-state index in [-0.39, 0.29) is 29.8 Å². The van der Waals surface area contributed by atoms with Gasteiger partial charge in [0.05, 0.1) is 25.8 Å². The van der Waals surface area contributed by atoms with Gasteiger partial charge in [-0.1, -0.05) is 13.0 Å². The molecule has 1 fully saturated rings. The first-order valence-electron chi connectivity index (χ1n) is 11.6. The zero-order chi connectivity index (χ0) is 24.3. The summed E-state index contributed by atoms with van der Waals surface area (Å²) >= 11 is 0. The van der Waals surface area contributed by atoms with Gasteiger partial charge in [-0.25, -0.2) is 9.07 Å². The minimum Gasteiger partial charge on any atom is -1.00 e. The Bertz CT molecular complexity index is 1100. The molecule has 0 spiro atoms. The second kappa shape index (κ2) is 11.2. The summed E-state index contributed by atoms with van der Waals surface area (Å²) < 4.78 is 26.4. The van der Waals surface area contributed by atoms with Gasteiger partial charge in [0.25, 0.3) is 0 Å². The van der Waals surface area contributed by atoms with E-state index in [0.717, 1.165) is 49.7 Å². The highest BCUT2D eigenvalue weighted by Crippen LogP contribution is 2.36. The maximum atomic E-state index is 13.4. The molecule has 1 aliphatic rings. The normalized spacial score (nSPS) is 15.4. The number of ether oxygens (including phenoxy) is 2.